The average Bonchev–Trinajstić information content (AvgIpc) is 2.13. The zero-order valence-electron chi connectivity index (χ0n) is 9.05. The summed E-state index contributed by atoms with van der Waals surface area (Å²) in [5.41, 5.74) is 0. The number of hydrogen-bond acceptors (Lipinski definition) is 2. The van der Waals surface area contributed by atoms with E-state index in [0.29, 0.717) is 6.04 Å². The molecule has 0 saturated heterocycles. The van der Waals surface area contributed by atoms with E-state index in [-0.39, 0.29) is 0 Å². The van der Waals surface area contributed by atoms with Gasteiger partial charge in [-0.2, -0.15) is 0 Å². The third-order valence-electron chi connectivity index (χ3n) is 2.03. The van der Waals surface area contributed by atoms with Gasteiger partial charge in [0.25, 0.3) is 0 Å². The molecule has 0 aromatic heterocycles. The molecule has 0 aliphatic carbocycles. The molecule has 0 aliphatic rings. The Labute approximate surface area is 86.9 Å². The molecule has 0 aliphatic heterocycles. The first-order valence-electron chi connectivity index (χ1n) is 4.84. The van der Waals surface area contributed by atoms with Crippen LogP contribution in [0.4, 0.5) is 0 Å². The van der Waals surface area contributed by atoms with Crippen molar-refractivity contribution in [3.8, 4) is 0 Å². The molecule has 4 heteroatoms. The molecule has 0 rings (SSSR count). The fraction of sp³-hybridized carbons (Fsp3) is 0.889. The Bertz CT molecular complexity index is 146. The molecule has 1 unspecified atom stereocenters. The van der Waals surface area contributed by atoms with Crippen LogP contribution in [0.2, 0.25) is 0 Å². The molecule has 0 spiro atoms. The van der Waals surface area contributed by atoms with Gasteiger partial charge in [0, 0.05) is 19.6 Å². The van der Waals surface area contributed by atoms with Gasteiger partial charge in [0.15, 0.2) is 5.11 Å². The number of nitrogens with one attached hydrogen (secondary N) is 2. The molecule has 1 atom stereocenters. The van der Waals surface area contributed by atoms with Crippen LogP contribution >= 0.6 is 12.2 Å². The zero-order valence-corrected chi connectivity index (χ0v) is 9.87. The van der Waals surface area contributed by atoms with E-state index in [9.17, 15) is 0 Å². The smallest absolute Gasteiger partial charge is 0.166 e. The Morgan fingerprint density at radius 3 is 2.31 bits per heavy atom. The van der Waals surface area contributed by atoms with Crippen molar-refractivity contribution in [3.05, 3.63) is 0 Å². The van der Waals surface area contributed by atoms with Crippen LogP contribution in [0.1, 0.15) is 20.8 Å². The summed E-state index contributed by atoms with van der Waals surface area (Å²) in [6, 6.07) is 0.403. The van der Waals surface area contributed by atoms with E-state index in [0.717, 1.165) is 24.7 Å². The van der Waals surface area contributed by atoms with Gasteiger partial charge in [0.05, 0.1) is 0 Å². The van der Waals surface area contributed by atoms with Gasteiger partial charge in [-0.3, -0.25) is 0 Å². The van der Waals surface area contributed by atoms with Gasteiger partial charge in [0.1, 0.15) is 0 Å². The molecule has 0 aromatic rings. The lowest BCUT2D eigenvalue weighted by Gasteiger charge is -2.24. The standard InChI is InChI=1S/C9H21N3S/c1-5-12(6-2)7-8(3)11-9(13)10-4/h8H,5-7H2,1-4H3,(H2,10,11,13). The van der Waals surface area contributed by atoms with Crippen molar-refractivity contribution in [2.24, 2.45) is 0 Å². The van der Waals surface area contributed by atoms with E-state index in [4.69, 9.17) is 12.2 Å². The van der Waals surface area contributed by atoms with Crippen molar-refractivity contribution in [1.82, 2.24) is 15.5 Å². The first kappa shape index (κ1) is 12.7. The fourth-order valence-electron chi connectivity index (χ4n) is 1.21. The number of hydrogen-bond donors (Lipinski definition) is 2. The van der Waals surface area contributed by atoms with Gasteiger partial charge in [-0.05, 0) is 32.2 Å². The maximum absolute atomic E-state index is 5.02. The Morgan fingerprint density at radius 2 is 1.92 bits per heavy atom. The fourth-order valence-corrected chi connectivity index (χ4v) is 1.41. The Hall–Kier alpha value is -0.350. The number of thiocarbonyl (C=S) groups is 1. The third-order valence-corrected chi connectivity index (χ3v) is 2.35. The van der Waals surface area contributed by atoms with Crippen LogP contribution in [-0.2, 0) is 0 Å². The number of rotatable bonds is 5. The van der Waals surface area contributed by atoms with Gasteiger partial charge in [-0.15, -0.1) is 0 Å². The van der Waals surface area contributed by atoms with Crippen molar-refractivity contribution in [2.45, 2.75) is 26.8 Å². The van der Waals surface area contributed by atoms with Crippen LogP contribution in [0.25, 0.3) is 0 Å². The molecule has 0 aromatic carbocycles. The molecular formula is C9H21N3S. The van der Waals surface area contributed by atoms with Gasteiger partial charge < -0.3 is 15.5 Å². The van der Waals surface area contributed by atoms with Crippen LogP contribution in [0.5, 0.6) is 0 Å². The Morgan fingerprint density at radius 1 is 1.38 bits per heavy atom. The minimum atomic E-state index is 0.403. The summed E-state index contributed by atoms with van der Waals surface area (Å²) in [7, 11) is 1.83. The lowest BCUT2D eigenvalue weighted by atomic mass is 10.3. The molecule has 0 amide bonds. The highest BCUT2D eigenvalue weighted by Gasteiger charge is 2.06. The van der Waals surface area contributed by atoms with E-state index in [1.165, 1.54) is 0 Å². The summed E-state index contributed by atoms with van der Waals surface area (Å²) in [6.45, 7) is 9.71. The minimum Gasteiger partial charge on any atom is -0.366 e. The Balaban J connectivity index is 3.71. The summed E-state index contributed by atoms with van der Waals surface area (Å²) < 4.78 is 0. The van der Waals surface area contributed by atoms with E-state index >= 15 is 0 Å². The largest absolute Gasteiger partial charge is 0.366 e. The maximum Gasteiger partial charge on any atom is 0.166 e. The van der Waals surface area contributed by atoms with Crippen molar-refractivity contribution in [2.75, 3.05) is 26.7 Å². The van der Waals surface area contributed by atoms with E-state index in [1.807, 2.05) is 7.05 Å². The topological polar surface area (TPSA) is 27.3 Å². The minimum absolute atomic E-state index is 0.403. The van der Waals surface area contributed by atoms with Crippen LogP contribution in [0.15, 0.2) is 0 Å². The van der Waals surface area contributed by atoms with Crippen molar-refractivity contribution in [3.63, 3.8) is 0 Å². The second-order valence-electron chi connectivity index (χ2n) is 3.11. The molecule has 0 bridgehead atoms. The quantitative estimate of drug-likeness (QED) is 0.647. The van der Waals surface area contributed by atoms with Crippen LogP contribution in [0.3, 0.4) is 0 Å². The second kappa shape index (κ2) is 7.09. The normalized spacial score (nSPS) is 12.7. The highest BCUT2D eigenvalue weighted by atomic mass is 32.1. The predicted molar refractivity (Wildman–Crippen MR) is 62.0 cm³/mol. The Kier molecular flexibility index (Phi) is 6.90. The SMILES string of the molecule is CCN(CC)CC(C)NC(=S)NC. The highest BCUT2D eigenvalue weighted by molar-refractivity contribution is 7.80. The molecular weight excluding hydrogens is 182 g/mol. The van der Waals surface area contributed by atoms with Gasteiger partial charge in [0.2, 0.25) is 0 Å². The molecule has 3 nitrogen and oxygen atoms in total. The molecule has 0 radical (unpaired) electrons. The summed E-state index contributed by atoms with van der Waals surface area (Å²) in [6.07, 6.45) is 0. The summed E-state index contributed by atoms with van der Waals surface area (Å²) in [4.78, 5) is 2.37. The van der Waals surface area contributed by atoms with Crippen LogP contribution in [-0.4, -0.2) is 42.7 Å². The first-order valence-corrected chi connectivity index (χ1v) is 5.25. The lowest BCUT2D eigenvalue weighted by Crippen LogP contribution is -2.45. The first-order chi connectivity index (χ1) is 6.13. The van der Waals surface area contributed by atoms with Crippen molar-refractivity contribution < 1.29 is 0 Å². The van der Waals surface area contributed by atoms with Crippen molar-refractivity contribution >= 4 is 17.3 Å². The van der Waals surface area contributed by atoms with E-state index < -0.39 is 0 Å². The van der Waals surface area contributed by atoms with Gasteiger partial charge in [-0.1, -0.05) is 13.8 Å². The highest BCUT2D eigenvalue weighted by Crippen LogP contribution is 1.91. The van der Waals surface area contributed by atoms with Gasteiger partial charge in [-0.25, -0.2) is 0 Å². The van der Waals surface area contributed by atoms with Crippen LogP contribution in [0, 0.1) is 0 Å². The van der Waals surface area contributed by atoms with Crippen molar-refractivity contribution in [1.29, 1.82) is 0 Å². The maximum atomic E-state index is 5.02. The molecule has 0 heterocycles. The van der Waals surface area contributed by atoms with Gasteiger partial charge >= 0.3 is 0 Å². The molecule has 13 heavy (non-hydrogen) atoms. The van der Waals surface area contributed by atoms with E-state index in [1.54, 1.807) is 0 Å². The molecule has 78 valence electrons. The molecule has 2 N–H and O–H groups in total. The summed E-state index contributed by atoms with van der Waals surface area (Å²) in [5, 5.41) is 6.84. The molecule has 0 saturated carbocycles. The van der Waals surface area contributed by atoms with Crippen LogP contribution < -0.4 is 10.6 Å². The second-order valence-corrected chi connectivity index (χ2v) is 3.52. The third kappa shape index (κ3) is 5.82. The number of nitrogens with zero attached hydrogens (tertiary/aromatic N) is 1. The zero-order chi connectivity index (χ0) is 10.3. The summed E-state index contributed by atoms with van der Waals surface area (Å²) >= 11 is 5.02. The predicted octanol–water partition coefficient (Wildman–Crippen LogP) is 0.811. The monoisotopic (exact) mass is 203 g/mol. The number of likely N-dealkylation sites (N-methyl/N-ethyl adjacent to an activating group) is 1. The average molecular weight is 203 g/mol. The molecule has 0 fully saturated rings. The lowest BCUT2D eigenvalue weighted by molar-refractivity contribution is 0.281. The van der Waals surface area contributed by atoms with E-state index in [2.05, 4.69) is 36.3 Å². The summed E-state index contributed by atoms with van der Waals surface area (Å²) in [5.74, 6) is 0.